The van der Waals surface area contributed by atoms with Gasteiger partial charge in [0.05, 0.1) is 11.0 Å². The van der Waals surface area contributed by atoms with Crippen LogP contribution in [0.3, 0.4) is 0 Å². The quantitative estimate of drug-likeness (QED) is 0.165. The molecule has 0 spiro atoms. The molecule has 1 nitrogen and oxygen atoms in total. The first-order valence-corrected chi connectivity index (χ1v) is 16.9. The minimum atomic E-state index is -0.390. The van der Waals surface area contributed by atoms with Crippen LogP contribution in [-0.2, 0) is 0 Å². The number of rotatable bonds is 7. The molecule has 0 atom stereocenters. The van der Waals surface area contributed by atoms with Gasteiger partial charge in [0, 0.05) is 17.1 Å². The Hall–Kier alpha value is -6.70. The first-order valence-electron chi connectivity index (χ1n) is 20.9. The zero-order valence-electron chi connectivity index (χ0n) is 35.5. The van der Waals surface area contributed by atoms with Crippen molar-refractivity contribution in [2.45, 2.75) is 0 Å². The molecule has 0 aromatic heterocycles. The van der Waals surface area contributed by atoms with E-state index in [2.05, 4.69) is 0 Å². The van der Waals surface area contributed by atoms with Crippen LogP contribution in [0.4, 0.5) is 17.1 Å². The van der Waals surface area contributed by atoms with Crippen molar-refractivity contribution in [3.63, 3.8) is 0 Å². The van der Waals surface area contributed by atoms with E-state index in [1.165, 1.54) is 4.90 Å². The van der Waals surface area contributed by atoms with E-state index in [0.29, 0.717) is 16.8 Å². The topological polar surface area (TPSA) is 3.24 Å². The molecular weight excluding hydrogens is 615 g/mol. The van der Waals surface area contributed by atoms with Gasteiger partial charge in [0.1, 0.15) is 0 Å². The van der Waals surface area contributed by atoms with Crippen molar-refractivity contribution in [1.82, 2.24) is 0 Å². The summed E-state index contributed by atoms with van der Waals surface area (Å²) in [6, 6.07) is 48.7. The molecule has 0 unspecified atom stereocenters. The number of nitrogens with zero attached hydrogens (tertiary/aromatic N) is 1. The summed E-state index contributed by atoms with van der Waals surface area (Å²) < 4.78 is 75.9. The summed E-state index contributed by atoms with van der Waals surface area (Å²) in [6.45, 7) is 0. The first-order chi connectivity index (χ1) is 28.6. The third-order valence-corrected chi connectivity index (χ3v) is 9.20. The minimum Gasteiger partial charge on any atom is -0.310 e. The fourth-order valence-corrected chi connectivity index (χ4v) is 6.66. The normalized spacial score (nSPS) is 13.3. The molecule has 240 valence electrons. The smallest absolute Gasteiger partial charge is 0.0645 e. The van der Waals surface area contributed by atoms with E-state index in [4.69, 9.17) is 0 Å². The molecule has 0 bridgehead atoms. The lowest BCUT2D eigenvalue weighted by Gasteiger charge is -2.26. The molecule has 0 radical (unpaired) electrons. The summed E-state index contributed by atoms with van der Waals surface area (Å²) in [6.07, 6.45) is 0. The van der Waals surface area contributed by atoms with Crippen molar-refractivity contribution in [2.75, 3.05) is 4.90 Å². The second-order valence-electron chi connectivity index (χ2n) is 12.3. The molecule has 9 rings (SSSR count). The standard InChI is InChI=1S/C50H35N/c1-3-11-36(12-4-1)38-19-21-39(22-20-38)40-23-29-45(30-24-40)51(47-33-25-37-13-7-8-17-44(37)35-47)46-31-26-42(27-32-46)49-34-28-41-14-9-10-18-48(41)50(49)43-15-5-2-6-16-43/h1-35H/i23D,24D,26D,27D,29D,30D,31D,32D. The molecule has 9 aromatic rings. The molecule has 0 aliphatic heterocycles. The Labute approximate surface area is 310 Å². The van der Waals surface area contributed by atoms with Gasteiger partial charge in [-0.15, -0.1) is 0 Å². The predicted molar refractivity (Wildman–Crippen MR) is 218 cm³/mol. The highest BCUT2D eigenvalue weighted by molar-refractivity contribution is 6.04. The average Bonchev–Trinajstić information content (AvgIpc) is 3.28. The Morgan fingerprint density at radius 2 is 0.804 bits per heavy atom. The first kappa shape index (κ1) is 22.8. The molecule has 0 heterocycles. The average molecular weight is 658 g/mol. The van der Waals surface area contributed by atoms with E-state index in [0.717, 1.165) is 43.8 Å². The van der Waals surface area contributed by atoms with Gasteiger partial charge in [-0.25, -0.2) is 0 Å². The lowest BCUT2D eigenvalue weighted by atomic mass is 9.90. The molecule has 9 aromatic carbocycles. The second kappa shape index (κ2) is 13.3. The highest BCUT2D eigenvalue weighted by Crippen LogP contribution is 2.41. The molecule has 0 N–H and O–H groups in total. The largest absolute Gasteiger partial charge is 0.310 e. The van der Waals surface area contributed by atoms with Crippen LogP contribution in [0.2, 0.25) is 0 Å². The monoisotopic (exact) mass is 657 g/mol. The van der Waals surface area contributed by atoms with Gasteiger partial charge in [-0.2, -0.15) is 0 Å². The van der Waals surface area contributed by atoms with E-state index < -0.39 is 12.1 Å². The van der Waals surface area contributed by atoms with E-state index in [9.17, 15) is 11.0 Å². The van der Waals surface area contributed by atoms with E-state index in [1.54, 1.807) is 24.3 Å². The Morgan fingerprint density at radius 3 is 1.47 bits per heavy atom. The third kappa shape index (κ3) is 5.96. The summed E-state index contributed by atoms with van der Waals surface area (Å²) in [5, 5.41) is 3.57. The van der Waals surface area contributed by atoms with Gasteiger partial charge in [-0.05, 0) is 102 Å². The maximum absolute atomic E-state index is 9.62. The van der Waals surface area contributed by atoms with Gasteiger partial charge < -0.3 is 4.90 Å². The molecule has 0 fully saturated rings. The van der Waals surface area contributed by atoms with Crippen LogP contribution in [0.5, 0.6) is 0 Å². The van der Waals surface area contributed by atoms with Gasteiger partial charge in [0.25, 0.3) is 0 Å². The number of fused-ring (bicyclic) bond motifs is 2. The highest BCUT2D eigenvalue weighted by Gasteiger charge is 2.16. The molecule has 0 amide bonds. The second-order valence-corrected chi connectivity index (χ2v) is 12.3. The Kier molecular flexibility index (Phi) is 5.96. The fraction of sp³-hybridized carbons (Fsp3) is 0. The molecule has 51 heavy (non-hydrogen) atoms. The van der Waals surface area contributed by atoms with Crippen LogP contribution >= 0.6 is 0 Å². The van der Waals surface area contributed by atoms with Crippen LogP contribution in [0.25, 0.3) is 66.1 Å². The molecule has 0 aliphatic rings. The maximum Gasteiger partial charge on any atom is 0.0645 e. The minimum absolute atomic E-state index is 0.112. The summed E-state index contributed by atoms with van der Waals surface area (Å²) in [7, 11) is 0. The Balaban J connectivity index is 1.28. The SMILES string of the molecule is [2H]c1c([2H])c(N(c2ccc3ccccc3c2)c2c([2H])c([2H])c(-c3ccc4ccccc4c3-c3ccccc3)c([2H])c2[2H])c([2H])c([2H])c1-c1ccc(-c2ccccc2)cc1. The van der Waals surface area contributed by atoms with Gasteiger partial charge in [0.2, 0.25) is 0 Å². The van der Waals surface area contributed by atoms with Crippen molar-refractivity contribution in [3.8, 4) is 44.5 Å². The van der Waals surface area contributed by atoms with Crippen LogP contribution in [-0.4, -0.2) is 0 Å². The zero-order chi connectivity index (χ0) is 40.9. The number of hydrogen-bond donors (Lipinski definition) is 0. The summed E-state index contributed by atoms with van der Waals surface area (Å²) in [5.41, 5.74) is 4.80. The Morgan fingerprint density at radius 1 is 0.314 bits per heavy atom. The van der Waals surface area contributed by atoms with Crippen LogP contribution in [0.1, 0.15) is 11.0 Å². The predicted octanol–water partition coefficient (Wildman–Crippen LogP) is 14.1. The fourth-order valence-electron chi connectivity index (χ4n) is 6.66. The van der Waals surface area contributed by atoms with Gasteiger partial charge in [-0.1, -0.05) is 176 Å². The van der Waals surface area contributed by atoms with E-state index >= 15 is 0 Å². The van der Waals surface area contributed by atoms with Gasteiger partial charge in [0.15, 0.2) is 0 Å². The zero-order valence-corrected chi connectivity index (χ0v) is 27.5. The Bertz CT molecular complexity index is 3020. The number of hydrogen-bond acceptors (Lipinski definition) is 1. The van der Waals surface area contributed by atoms with Crippen molar-refractivity contribution >= 4 is 38.6 Å². The lowest BCUT2D eigenvalue weighted by molar-refractivity contribution is 1.29. The van der Waals surface area contributed by atoms with Gasteiger partial charge >= 0.3 is 0 Å². The van der Waals surface area contributed by atoms with Crippen LogP contribution in [0.15, 0.2) is 212 Å². The number of anilines is 3. The van der Waals surface area contributed by atoms with Crippen molar-refractivity contribution < 1.29 is 11.0 Å². The molecule has 0 aliphatic carbocycles. The molecule has 0 saturated carbocycles. The van der Waals surface area contributed by atoms with E-state index in [-0.39, 0.29) is 58.8 Å². The highest BCUT2D eigenvalue weighted by atomic mass is 15.1. The van der Waals surface area contributed by atoms with Crippen molar-refractivity contribution in [1.29, 1.82) is 0 Å². The van der Waals surface area contributed by atoms with Crippen LogP contribution in [0, 0.1) is 0 Å². The lowest BCUT2D eigenvalue weighted by Crippen LogP contribution is -2.09. The summed E-state index contributed by atoms with van der Waals surface area (Å²) in [5.74, 6) is 0. The summed E-state index contributed by atoms with van der Waals surface area (Å²) in [4.78, 5) is 1.36. The van der Waals surface area contributed by atoms with E-state index in [1.807, 2.05) is 140 Å². The molecule has 1 heteroatoms. The summed E-state index contributed by atoms with van der Waals surface area (Å²) >= 11 is 0. The molecule has 0 saturated heterocycles. The van der Waals surface area contributed by atoms with Crippen molar-refractivity contribution in [2.24, 2.45) is 0 Å². The van der Waals surface area contributed by atoms with Crippen molar-refractivity contribution in [3.05, 3.63) is 212 Å². The third-order valence-electron chi connectivity index (χ3n) is 9.20. The number of benzene rings is 9. The van der Waals surface area contributed by atoms with Gasteiger partial charge in [-0.3, -0.25) is 0 Å². The molecular formula is C50H35N. The maximum atomic E-state index is 9.62. The van der Waals surface area contributed by atoms with Crippen LogP contribution < -0.4 is 4.90 Å².